The van der Waals surface area contributed by atoms with Gasteiger partial charge in [-0.05, 0) is 57.6 Å². The zero-order chi connectivity index (χ0) is 14.1. The molecular formula is C16H27FN2. The van der Waals surface area contributed by atoms with Gasteiger partial charge in [0.05, 0.1) is 0 Å². The highest BCUT2D eigenvalue weighted by molar-refractivity contribution is 5.18. The van der Waals surface area contributed by atoms with Crippen LogP contribution < -0.4 is 5.32 Å². The Bertz CT molecular complexity index is 350. The van der Waals surface area contributed by atoms with E-state index in [2.05, 4.69) is 31.0 Å². The van der Waals surface area contributed by atoms with E-state index in [1.54, 1.807) is 6.07 Å². The SMILES string of the molecule is CCN(CC)CCCNC(C)Cc1ccccc1F. The number of nitrogens with zero attached hydrogens (tertiary/aromatic N) is 1. The van der Waals surface area contributed by atoms with Gasteiger partial charge in [-0.25, -0.2) is 4.39 Å². The summed E-state index contributed by atoms with van der Waals surface area (Å²) >= 11 is 0. The van der Waals surface area contributed by atoms with Crippen molar-refractivity contribution in [2.45, 2.75) is 39.7 Å². The van der Waals surface area contributed by atoms with Gasteiger partial charge in [-0.15, -0.1) is 0 Å². The Hall–Kier alpha value is -0.930. The molecule has 1 N–H and O–H groups in total. The molecule has 0 heterocycles. The van der Waals surface area contributed by atoms with Gasteiger partial charge >= 0.3 is 0 Å². The summed E-state index contributed by atoms with van der Waals surface area (Å²) in [5.41, 5.74) is 0.797. The maximum absolute atomic E-state index is 13.5. The van der Waals surface area contributed by atoms with E-state index in [0.717, 1.165) is 44.6 Å². The molecule has 108 valence electrons. The molecule has 3 heteroatoms. The Morgan fingerprint density at radius 1 is 1.21 bits per heavy atom. The van der Waals surface area contributed by atoms with E-state index in [1.807, 2.05) is 12.1 Å². The molecule has 2 nitrogen and oxygen atoms in total. The first-order valence-corrected chi connectivity index (χ1v) is 7.36. The minimum absolute atomic E-state index is 0.0979. The van der Waals surface area contributed by atoms with Crippen molar-refractivity contribution in [3.05, 3.63) is 35.6 Å². The van der Waals surface area contributed by atoms with Crippen LogP contribution in [0.2, 0.25) is 0 Å². The van der Waals surface area contributed by atoms with E-state index >= 15 is 0 Å². The van der Waals surface area contributed by atoms with Crippen molar-refractivity contribution in [2.75, 3.05) is 26.2 Å². The maximum Gasteiger partial charge on any atom is 0.126 e. The lowest BCUT2D eigenvalue weighted by atomic mass is 10.1. The molecule has 0 saturated carbocycles. The van der Waals surface area contributed by atoms with E-state index in [4.69, 9.17) is 0 Å². The average Bonchev–Trinajstić information content (AvgIpc) is 2.42. The first-order valence-electron chi connectivity index (χ1n) is 7.36. The highest BCUT2D eigenvalue weighted by atomic mass is 19.1. The molecule has 0 radical (unpaired) electrons. The van der Waals surface area contributed by atoms with E-state index in [1.165, 1.54) is 6.07 Å². The highest BCUT2D eigenvalue weighted by Crippen LogP contribution is 2.08. The van der Waals surface area contributed by atoms with Gasteiger partial charge in [0, 0.05) is 6.04 Å². The lowest BCUT2D eigenvalue weighted by Crippen LogP contribution is -2.32. The Morgan fingerprint density at radius 2 is 1.89 bits per heavy atom. The summed E-state index contributed by atoms with van der Waals surface area (Å²) < 4.78 is 13.5. The molecule has 0 spiro atoms. The van der Waals surface area contributed by atoms with Crippen LogP contribution >= 0.6 is 0 Å². The minimum atomic E-state index is -0.0979. The quantitative estimate of drug-likeness (QED) is 0.691. The van der Waals surface area contributed by atoms with Crippen LogP contribution in [0.4, 0.5) is 4.39 Å². The molecule has 1 aromatic carbocycles. The third-order valence-electron chi connectivity index (χ3n) is 3.52. The third kappa shape index (κ3) is 6.17. The second kappa shape index (κ2) is 9.05. The van der Waals surface area contributed by atoms with Gasteiger partial charge in [0.1, 0.15) is 5.82 Å². The maximum atomic E-state index is 13.5. The van der Waals surface area contributed by atoms with Crippen molar-refractivity contribution in [3.8, 4) is 0 Å². The van der Waals surface area contributed by atoms with Crippen molar-refractivity contribution in [1.29, 1.82) is 0 Å². The second-order valence-electron chi connectivity index (χ2n) is 5.03. The lowest BCUT2D eigenvalue weighted by molar-refractivity contribution is 0.296. The molecule has 0 amide bonds. The van der Waals surface area contributed by atoms with Crippen LogP contribution in [0.3, 0.4) is 0 Å². The number of hydrogen-bond acceptors (Lipinski definition) is 2. The third-order valence-corrected chi connectivity index (χ3v) is 3.52. The fraction of sp³-hybridized carbons (Fsp3) is 0.625. The molecule has 1 rings (SSSR count). The largest absolute Gasteiger partial charge is 0.314 e. The molecule has 1 aromatic rings. The highest BCUT2D eigenvalue weighted by Gasteiger charge is 2.06. The molecule has 1 unspecified atom stereocenters. The number of benzene rings is 1. The number of hydrogen-bond donors (Lipinski definition) is 1. The van der Waals surface area contributed by atoms with Gasteiger partial charge in [0.25, 0.3) is 0 Å². The average molecular weight is 266 g/mol. The van der Waals surface area contributed by atoms with E-state index < -0.39 is 0 Å². The van der Waals surface area contributed by atoms with Crippen LogP contribution in [0.15, 0.2) is 24.3 Å². The summed E-state index contributed by atoms with van der Waals surface area (Å²) in [6, 6.07) is 7.34. The monoisotopic (exact) mass is 266 g/mol. The van der Waals surface area contributed by atoms with Crippen molar-refractivity contribution >= 4 is 0 Å². The van der Waals surface area contributed by atoms with Gasteiger partial charge in [-0.2, -0.15) is 0 Å². The van der Waals surface area contributed by atoms with Gasteiger partial charge in [0.15, 0.2) is 0 Å². The Labute approximate surface area is 117 Å². The summed E-state index contributed by atoms with van der Waals surface area (Å²) in [5.74, 6) is -0.0979. The summed E-state index contributed by atoms with van der Waals surface area (Å²) in [6.07, 6.45) is 1.89. The van der Waals surface area contributed by atoms with Crippen LogP contribution in [0.25, 0.3) is 0 Å². The van der Waals surface area contributed by atoms with Gasteiger partial charge in [-0.1, -0.05) is 32.0 Å². The molecule has 0 bridgehead atoms. The van der Waals surface area contributed by atoms with Crippen LogP contribution in [-0.2, 0) is 6.42 Å². The zero-order valence-electron chi connectivity index (χ0n) is 12.5. The predicted molar refractivity (Wildman–Crippen MR) is 80.0 cm³/mol. The number of nitrogens with one attached hydrogen (secondary N) is 1. The summed E-state index contributed by atoms with van der Waals surface area (Å²) in [7, 11) is 0. The standard InChI is InChI=1S/C16H27FN2/c1-4-19(5-2)12-8-11-18-14(3)13-15-9-6-7-10-16(15)17/h6-7,9-10,14,18H,4-5,8,11-13H2,1-3H3. The Morgan fingerprint density at radius 3 is 2.53 bits per heavy atom. The first-order chi connectivity index (χ1) is 9.17. The lowest BCUT2D eigenvalue weighted by Gasteiger charge is -2.19. The van der Waals surface area contributed by atoms with E-state index in [9.17, 15) is 4.39 Å². The molecule has 0 aliphatic carbocycles. The molecule has 0 saturated heterocycles. The molecule has 0 aliphatic heterocycles. The summed E-state index contributed by atoms with van der Waals surface area (Å²) in [4.78, 5) is 2.42. The van der Waals surface area contributed by atoms with Gasteiger partial charge in [-0.3, -0.25) is 0 Å². The molecule has 1 atom stereocenters. The molecular weight excluding hydrogens is 239 g/mol. The summed E-state index contributed by atoms with van der Waals surface area (Å²) in [5, 5.41) is 3.47. The van der Waals surface area contributed by atoms with Crippen LogP contribution in [0, 0.1) is 5.82 Å². The second-order valence-corrected chi connectivity index (χ2v) is 5.03. The fourth-order valence-electron chi connectivity index (χ4n) is 2.26. The minimum Gasteiger partial charge on any atom is -0.314 e. The molecule has 19 heavy (non-hydrogen) atoms. The number of rotatable bonds is 9. The zero-order valence-corrected chi connectivity index (χ0v) is 12.5. The fourth-order valence-corrected chi connectivity index (χ4v) is 2.26. The predicted octanol–water partition coefficient (Wildman–Crippen LogP) is 3.08. The van der Waals surface area contributed by atoms with Crippen LogP contribution in [0.5, 0.6) is 0 Å². The normalized spacial score (nSPS) is 12.9. The first kappa shape index (κ1) is 16.1. The topological polar surface area (TPSA) is 15.3 Å². The van der Waals surface area contributed by atoms with Gasteiger partial charge < -0.3 is 10.2 Å². The van der Waals surface area contributed by atoms with Crippen molar-refractivity contribution in [2.24, 2.45) is 0 Å². The van der Waals surface area contributed by atoms with E-state index in [0.29, 0.717) is 6.04 Å². The molecule has 0 aliphatic rings. The van der Waals surface area contributed by atoms with Crippen LogP contribution in [0.1, 0.15) is 32.8 Å². The van der Waals surface area contributed by atoms with Crippen LogP contribution in [-0.4, -0.2) is 37.1 Å². The summed E-state index contributed by atoms with van der Waals surface area (Å²) in [6.45, 7) is 10.8. The van der Waals surface area contributed by atoms with Crippen molar-refractivity contribution in [1.82, 2.24) is 10.2 Å². The van der Waals surface area contributed by atoms with E-state index in [-0.39, 0.29) is 5.82 Å². The van der Waals surface area contributed by atoms with Crippen molar-refractivity contribution < 1.29 is 4.39 Å². The van der Waals surface area contributed by atoms with Gasteiger partial charge in [0.2, 0.25) is 0 Å². The smallest absolute Gasteiger partial charge is 0.126 e. The molecule has 0 aromatic heterocycles. The van der Waals surface area contributed by atoms with Crippen molar-refractivity contribution in [3.63, 3.8) is 0 Å². The number of halogens is 1. The Kier molecular flexibility index (Phi) is 7.68. The molecule has 0 fully saturated rings. The Balaban J connectivity index is 2.21.